The second-order valence-corrected chi connectivity index (χ2v) is 9.48. The molecule has 4 nitrogen and oxygen atoms in total. The Hall–Kier alpha value is -3.83. The van der Waals surface area contributed by atoms with Crippen molar-refractivity contribution < 1.29 is 4.79 Å². The highest BCUT2D eigenvalue weighted by atomic mass is 32.1. The van der Waals surface area contributed by atoms with Gasteiger partial charge in [0.1, 0.15) is 0 Å². The Morgan fingerprint density at radius 1 is 0.794 bits per heavy atom. The molecule has 0 spiro atoms. The van der Waals surface area contributed by atoms with Gasteiger partial charge >= 0.3 is 0 Å². The fraction of sp³-hybridized carbons (Fsp3) is 0.138. The summed E-state index contributed by atoms with van der Waals surface area (Å²) >= 11 is 1.70. The summed E-state index contributed by atoms with van der Waals surface area (Å²) in [4.78, 5) is 24.1. The fourth-order valence-corrected chi connectivity index (χ4v) is 4.75. The number of amides is 1. The van der Waals surface area contributed by atoms with Crippen LogP contribution in [0.3, 0.4) is 0 Å². The molecule has 0 aliphatic rings. The van der Waals surface area contributed by atoms with Crippen LogP contribution >= 0.6 is 11.3 Å². The second-order valence-electron chi connectivity index (χ2n) is 8.45. The number of fused-ring (bicyclic) bond motifs is 1. The molecule has 0 aliphatic carbocycles. The highest BCUT2D eigenvalue weighted by Gasteiger charge is 2.15. The maximum Gasteiger partial charge on any atom is 0.251 e. The Labute approximate surface area is 203 Å². The van der Waals surface area contributed by atoms with Crippen molar-refractivity contribution in [2.24, 2.45) is 0 Å². The number of hydrogen-bond donors (Lipinski definition) is 1. The molecular formula is C29H25N3OS. The Bertz CT molecular complexity index is 1470. The minimum Gasteiger partial charge on any atom is -0.352 e. The first-order valence-electron chi connectivity index (χ1n) is 11.3. The lowest BCUT2D eigenvalue weighted by atomic mass is 10.0. The van der Waals surface area contributed by atoms with Crippen molar-refractivity contribution in [2.75, 3.05) is 6.54 Å². The molecule has 34 heavy (non-hydrogen) atoms. The largest absolute Gasteiger partial charge is 0.352 e. The zero-order chi connectivity index (χ0) is 23.5. The smallest absolute Gasteiger partial charge is 0.251 e. The number of aromatic nitrogens is 2. The van der Waals surface area contributed by atoms with Gasteiger partial charge in [-0.25, -0.2) is 9.97 Å². The zero-order valence-electron chi connectivity index (χ0n) is 19.2. The number of hydrogen-bond acceptors (Lipinski definition) is 4. The molecule has 0 aliphatic heterocycles. The molecule has 3 aromatic carbocycles. The molecule has 0 saturated carbocycles. The van der Waals surface area contributed by atoms with Gasteiger partial charge in [-0.3, -0.25) is 4.79 Å². The lowest BCUT2D eigenvalue weighted by Gasteiger charge is -2.12. The van der Waals surface area contributed by atoms with E-state index in [2.05, 4.69) is 67.0 Å². The van der Waals surface area contributed by atoms with Crippen molar-refractivity contribution in [1.29, 1.82) is 0 Å². The first kappa shape index (κ1) is 22.0. The first-order valence-corrected chi connectivity index (χ1v) is 12.2. The van der Waals surface area contributed by atoms with Crippen LogP contribution in [0, 0.1) is 13.8 Å². The van der Waals surface area contributed by atoms with Gasteiger partial charge in [0.05, 0.1) is 22.4 Å². The lowest BCUT2D eigenvalue weighted by Crippen LogP contribution is -2.25. The van der Waals surface area contributed by atoms with Gasteiger partial charge in [-0.1, -0.05) is 53.6 Å². The quantitative estimate of drug-likeness (QED) is 0.308. The summed E-state index contributed by atoms with van der Waals surface area (Å²) in [6.07, 6.45) is 0.828. The number of nitrogens with one attached hydrogen (secondary N) is 1. The van der Waals surface area contributed by atoms with Crippen LogP contribution in [0.4, 0.5) is 0 Å². The molecule has 5 aromatic rings. The van der Waals surface area contributed by atoms with E-state index in [-0.39, 0.29) is 5.91 Å². The van der Waals surface area contributed by atoms with Gasteiger partial charge in [0.2, 0.25) is 0 Å². The Morgan fingerprint density at radius 3 is 2.09 bits per heavy atom. The van der Waals surface area contributed by atoms with Crippen molar-refractivity contribution >= 4 is 28.3 Å². The van der Waals surface area contributed by atoms with Crippen LogP contribution in [0.1, 0.15) is 26.4 Å². The highest BCUT2D eigenvalue weighted by Crippen LogP contribution is 2.32. The van der Waals surface area contributed by atoms with Gasteiger partial charge in [-0.15, -0.1) is 11.3 Å². The van der Waals surface area contributed by atoms with Crippen LogP contribution in [-0.2, 0) is 6.42 Å². The average Bonchev–Trinajstić information content (AvgIpc) is 3.36. The van der Waals surface area contributed by atoms with E-state index in [1.807, 2.05) is 36.4 Å². The lowest BCUT2D eigenvalue weighted by molar-refractivity contribution is 0.0954. The molecule has 0 saturated heterocycles. The van der Waals surface area contributed by atoms with Gasteiger partial charge in [-0.05, 0) is 62.0 Å². The van der Waals surface area contributed by atoms with Crippen LogP contribution in [0.15, 0.2) is 84.2 Å². The Kier molecular flexibility index (Phi) is 6.19. The molecule has 0 atom stereocenters. The minimum atomic E-state index is -0.0971. The van der Waals surface area contributed by atoms with Crippen molar-refractivity contribution in [1.82, 2.24) is 15.3 Å². The fourth-order valence-electron chi connectivity index (χ4n) is 4.04. The normalized spacial score (nSPS) is 11.0. The molecule has 2 heterocycles. The Morgan fingerprint density at radius 2 is 1.47 bits per heavy atom. The Balaban J connectivity index is 1.53. The minimum absolute atomic E-state index is 0.0971. The number of benzene rings is 3. The second kappa shape index (κ2) is 9.57. The SMILES string of the molecule is Cc1cccc(-c2nc3ccc(C(=O)NCCc4cccs4)cc3nc2-c2cccc(C)c2)c1. The molecule has 5 heteroatoms. The molecule has 0 fully saturated rings. The summed E-state index contributed by atoms with van der Waals surface area (Å²) in [6, 6.07) is 26.3. The van der Waals surface area contributed by atoms with E-state index < -0.39 is 0 Å². The summed E-state index contributed by atoms with van der Waals surface area (Å²) in [6.45, 7) is 4.75. The van der Waals surface area contributed by atoms with E-state index in [0.29, 0.717) is 17.6 Å². The summed E-state index contributed by atoms with van der Waals surface area (Å²) in [7, 11) is 0. The maximum atomic E-state index is 12.8. The van der Waals surface area contributed by atoms with Crippen LogP contribution in [0.25, 0.3) is 33.5 Å². The third-order valence-corrected chi connectivity index (χ3v) is 6.68. The van der Waals surface area contributed by atoms with Gasteiger partial charge in [-0.2, -0.15) is 0 Å². The molecular weight excluding hydrogens is 438 g/mol. The third-order valence-electron chi connectivity index (χ3n) is 5.75. The van der Waals surface area contributed by atoms with E-state index in [1.165, 1.54) is 10.4 Å². The van der Waals surface area contributed by atoms with Gasteiger partial charge in [0, 0.05) is 28.1 Å². The molecule has 0 bridgehead atoms. The number of nitrogens with zero attached hydrogens (tertiary/aromatic N) is 2. The number of thiophene rings is 1. The molecule has 1 N–H and O–H groups in total. The standard InChI is InChI=1S/C29H25N3OS/c1-19-6-3-8-21(16-19)27-28(22-9-4-7-20(2)17-22)32-26-18-23(11-12-25(26)31-27)29(33)30-14-13-24-10-5-15-34-24/h3-12,15-18H,13-14H2,1-2H3,(H,30,33). The number of aryl methyl sites for hydroxylation is 2. The number of carbonyl (C=O) groups is 1. The molecule has 2 aromatic heterocycles. The number of carbonyl (C=O) groups excluding carboxylic acids is 1. The van der Waals surface area contributed by atoms with Crippen LogP contribution in [0.2, 0.25) is 0 Å². The van der Waals surface area contributed by atoms with E-state index in [4.69, 9.17) is 9.97 Å². The van der Waals surface area contributed by atoms with Gasteiger partial charge in [0.25, 0.3) is 5.91 Å². The number of rotatable bonds is 6. The summed E-state index contributed by atoms with van der Waals surface area (Å²) in [5.41, 5.74) is 8.09. The van der Waals surface area contributed by atoms with Crippen molar-refractivity contribution in [3.63, 3.8) is 0 Å². The maximum absolute atomic E-state index is 12.8. The van der Waals surface area contributed by atoms with Crippen molar-refractivity contribution in [2.45, 2.75) is 20.3 Å². The first-order chi connectivity index (χ1) is 16.6. The van der Waals surface area contributed by atoms with Gasteiger partial charge in [0.15, 0.2) is 0 Å². The highest BCUT2D eigenvalue weighted by molar-refractivity contribution is 7.09. The van der Waals surface area contributed by atoms with Gasteiger partial charge < -0.3 is 5.32 Å². The summed E-state index contributed by atoms with van der Waals surface area (Å²) in [5.74, 6) is -0.0971. The third kappa shape index (κ3) is 4.75. The average molecular weight is 464 g/mol. The van der Waals surface area contributed by atoms with Crippen molar-refractivity contribution in [3.8, 4) is 22.5 Å². The van der Waals surface area contributed by atoms with Crippen molar-refractivity contribution in [3.05, 3.63) is 106 Å². The zero-order valence-corrected chi connectivity index (χ0v) is 20.0. The summed E-state index contributed by atoms with van der Waals surface area (Å²) < 4.78 is 0. The monoisotopic (exact) mass is 463 g/mol. The van der Waals surface area contributed by atoms with E-state index in [0.717, 1.165) is 40.0 Å². The topological polar surface area (TPSA) is 54.9 Å². The molecule has 0 unspecified atom stereocenters. The summed E-state index contributed by atoms with van der Waals surface area (Å²) in [5, 5.41) is 5.07. The molecule has 168 valence electrons. The van der Waals surface area contributed by atoms with E-state index >= 15 is 0 Å². The van der Waals surface area contributed by atoms with Crippen LogP contribution < -0.4 is 5.32 Å². The van der Waals surface area contributed by atoms with Crippen LogP contribution in [-0.4, -0.2) is 22.4 Å². The van der Waals surface area contributed by atoms with E-state index in [1.54, 1.807) is 11.3 Å². The molecule has 1 amide bonds. The molecule has 0 radical (unpaired) electrons. The predicted octanol–water partition coefficient (Wildman–Crippen LogP) is 6.61. The predicted molar refractivity (Wildman–Crippen MR) is 140 cm³/mol. The van der Waals surface area contributed by atoms with E-state index in [9.17, 15) is 4.79 Å². The van der Waals surface area contributed by atoms with Crippen LogP contribution in [0.5, 0.6) is 0 Å². The molecule has 5 rings (SSSR count).